The van der Waals surface area contributed by atoms with Crippen molar-refractivity contribution in [3.63, 3.8) is 0 Å². The highest BCUT2D eigenvalue weighted by atomic mass is 32.1. The number of carbonyl (C=O) groups excluding carboxylic acids is 2. The van der Waals surface area contributed by atoms with Crippen molar-refractivity contribution >= 4 is 24.4 Å². The van der Waals surface area contributed by atoms with E-state index < -0.39 is 0 Å². The number of carbonyl (C=O) groups is 2. The van der Waals surface area contributed by atoms with Gasteiger partial charge in [0.15, 0.2) is 0 Å². The van der Waals surface area contributed by atoms with Crippen molar-refractivity contribution in [2.24, 2.45) is 11.8 Å². The molecule has 1 aliphatic carbocycles. The van der Waals surface area contributed by atoms with Crippen molar-refractivity contribution in [1.29, 1.82) is 0 Å². The third-order valence-electron chi connectivity index (χ3n) is 3.23. The summed E-state index contributed by atoms with van der Waals surface area (Å²) in [5.74, 6) is -0.0242. The minimum atomic E-state index is -0.309. The maximum atomic E-state index is 11.6. The van der Waals surface area contributed by atoms with Gasteiger partial charge in [0.25, 0.3) is 0 Å². The fourth-order valence-corrected chi connectivity index (χ4v) is 2.95. The van der Waals surface area contributed by atoms with E-state index in [9.17, 15) is 9.59 Å². The van der Waals surface area contributed by atoms with Crippen LogP contribution in [0.5, 0.6) is 0 Å². The van der Waals surface area contributed by atoms with Gasteiger partial charge in [-0.05, 0) is 19.3 Å². The van der Waals surface area contributed by atoms with Gasteiger partial charge in [0, 0.05) is 12.5 Å². The van der Waals surface area contributed by atoms with E-state index in [-0.39, 0.29) is 34.9 Å². The summed E-state index contributed by atoms with van der Waals surface area (Å²) in [6.45, 7) is 2.75. The van der Waals surface area contributed by atoms with Crippen molar-refractivity contribution < 1.29 is 14.3 Å². The summed E-state index contributed by atoms with van der Waals surface area (Å²) in [6.07, 6.45) is 0.684. The lowest BCUT2D eigenvalue weighted by molar-refractivity contribution is -0.146. The lowest BCUT2D eigenvalue weighted by Gasteiger charge is -2.15. The molecule has 0 spiro atoms. The van der Waals surface area contributed by atoms with E-state index >= 15 is 0 Å². The van der Waals surface area contributed by atoms with Crippen molar-refractivity contribution in [3.05, 3.63) is 0 Å². The van der Waals surface area contributed by atoms with E-state index in [0.717, 1.165) is 0 Å². The number of thiol groups is 1. The molecule has 84 valence electrons. The zero-order chi connectivity index (χ0) is 11.0. The fraction of sp³-hybridized carbons (Fsp3) is 0.800. The third-order valence-corrected chi connectivity index (χ3v) is 3.70. The molecule has 1 saturated carbocycles. The van der Waals surface area contributed by atoms with Crippen molar-refractivity contribution in [2.45, 2.75) is 24.6 Å². The molecular weight excluding hydrogens is 214 g/mol. The first-order valence-electron chi connectivity index (χ1n) is 5.27. The molecule has 4 atom stereocenters. The van der Waals surface area contributed by atoms with E-state index in [0.29, 0.717) is 19.6 Å². The van der Waals surface area contributed by atoms with Gasteiger partial charge in [0.2, 0.25) is 0 Å². The van der Waals surface area contributed by atoms with Crippen molar-refractivity contribution in [3.8, 4) is 0 Å². The van der Waals surface area contributed by atoms with Gasteiger partial charge in [0.05, 0.1) is 11.9 Å². The molecule has 4 nitrogen and oxygen atoms in total. The molecule has 1 N–H and O–H groups in total. The first kappa shape index (κ1) is 11.0. The second-order valence-corrected chi connectivity index (χ2v) is 4.69. The molecule has 0 aromatic carbocycles. The van der Waals surface area contributed by atoms with Gasteiger partial charge in [-0.3, -0.25) is 9.59 Å². The second kappa shape index (κ2) is 4.14. The Bertz CT molecular complexity index is 294. The molecule has 15 heavy (non-hydrogen) atoms. The number of Topliss-reactive ketones (excluding diaryl/α,β-unsaturated/α-hetero) is 1. The van der Waals surface area contributed by atoms with E-state index in [1.807, 2.05) is 0 Å². The van der Waals surface area contributed by atoms with Crippen LogP contribution in [0, 0.1) is 11.8 Å². The van der Waals surface area contributed by atoms with Gasteiger partial charge >= 0.3 is 5.97 Å². The normalized spacial score (nSPS) is 39.2. The molecule has 1 heterocycles. The Labute approximate surface area is 94.2 Å². The molecule has 1 aliphatic heterocycles. The smallest absolute Gasteiger partial charge is 0.323 e. The summed E-state index contributed by atoms with van der Waals surface area (Å²) in [5.41, 5.74) is 0. The molecule has 1 saturated heterocycles. The third kappa shape index (κ3) is 1.78. The molecule has 0 radical (unpaired) electrons. The molecule has 0 aromatic heterocycles. The molecule has 5 heteroatoms. The molecule has 2 rings (SSSR count). The molecule has 1 unspecified atom stereocenters. The Morgan fingerprint density at radius 2 is 2.40 bits per heavy atom. The minimum Gasteiger partial charge on any atom is -0.465 e. The molecule has 2 aliphatic rings. The topological polar surface area (TPSA) is 55.4 Å². The van der Waals surface area contributed by atoms with Crippen LogP contribution < -0.4 is 5.32 Å². The Kier molecular flexibility index (Phi) is 3.02. The molecule has 0 aromatic rings. The Balaban J connectivity index is 2.06. The Hall–Kier alpha value is -0.550. The monoisotopic (exact) mass is 229 g/mol. The SMILES string of the molecule is CCOC(=O)[C@H]1NC[C@@H]2C(=O)C(S)C[C@@H]21. The zero-order valence-corrected chi connectivity index (χ0v) is 9.50. The maximum absolute atomic E-state index is 11.6. The summed E-state index contributed by atoms with van der Waals surface area (Å²) < 4.78 is 4.97. The van der Waals surface area contributed by atoms with Crippen LogP contribution in [0.4, 0.5) is 0 Å². The van der Waals surface area contributed by atoms with Crippen molar-refractivity contribution in [1.82, 2.24) is 5.32 Å². The summed E-state index contributed by atoms with van der Waals surface area (Å²) in [6, 6.07) is -0.309. The predicted octanol–water partition coefficient (Wildman–Crippen LogP) is 0.0249. The highest BCUT2D eigenvalue weighted by Crippen LogP contribution is 2.38. The first-order chi connectivity index (χ1) is 7.15. The highest BCUT2D eigenvalue weighted by molar-refractivity contribution is 7.81. The molecular formula is C10H15NO3S. The number of ether oxygens (including phenoxy) is 1. The highest BCUT2D eigenvalue weighted by Gasteiger charge is 2.50. The van der Waals surface area contributed by atoms with E-state index in [4.69, 9.17) is 4.74 Å². The van der Waals surface area contributed by atoms with Gasteiger partial charge in [-0.15, -0.1) is 0 Å². The van der Waals surface area contributed by atoms with Gasteiger partial charge in [-0.25, -0.2) is 0 Å². The summed E-state index contributed by atoms with van der Waals surface area (Å²) in [7, 11) is 0. The predicted molar refractivity (Wildman–Crippen MR) is 57.8 cm³/mol. The van der Waals surface area contributed by atoms with Crippen LogP contribution in [0.1, 0.15) is 13.3 Å². The fourth-order valence-electron chi connectivity index (χ4n) is 2.51. The Morgan fingerprint density at radius 1 is 1.67 bits per heavy atom. The number of rotatable bonds is 2. The van der Waals surface area contributed by atoms with Crippen LogP contribution in [-0.2, 0) is 14.3 Å². The number of hydrogen-bond acceptors (Lipinski definition) is 5. The van der Waals surface area contributed by atoms with Crippen LogP contribution in [0.2, 0.25) is 0 Å². The largest absolute Gasteiger partial charge is 0.465 e. The number of ketones is 1. The summed E-state index contributed by atoms with van der Waals surface area (Å²) in [5, 5.41) is 2.87. The summed E-state index contributed by atoms with van der Waals surface area (Å²) >= 11 is 4.23. The molecule has 0 amide bonds. The van der Waals surface area contributed by atoms with Crippen LogP contribution in [-0.4, -0.2) is 36.2 Å². The summed E-state index contributed by atoms with van der Waals surface area (Å²) in [4.78, 5) is 23.2. The number of fused-ring (bicyclic) bond motifs is 1. The van der Waals surface area contributed by atoms with Crippen LogP contribution in [0.3, 0.4) is 0 Å². The maximum Gasteiger partial charge on any atom is 0.323 e. The van der Waals surface area contributed by atoms with E-state index in [1.54, 1.807) is 6.92 Å². The van der Waals surface area contributed by atoms with Crippen LogP contribution >= 0.6 is 12.6 Å². The first-order valence-corrected chi connectivity index (χ1v) is 5.78. The quantitative estimate of drug-likeness (QED) is 0.518. The van der Waals surface area contributed by atoms with Gasteiger partial charge in [0.1, 0.15) is 11.8 Å². The standard InChI is InChI=1S/C10H15NO3S/c1-2-14-10(13)8-5-3-7(15)9(12)6(5)4-11-8/h5-8,11,15H,2-4H2,1H3/t5-,6-,7?,8-/m0/s1. The van der Waals surface area contributed by atoms with Crippen LogP contribution in [0.25, 0.3) is 0 Å². The van der Waals surface area contributed by atoms with Crippen LogP contribution in [0.15, 0.2) is 0 Å². The number of esters is 1. The Morgan fingerprint density at radius 3 is 3.07 bits per heavy atom. The van der Waals surface area contributed by atoms with Gasteiger partial charge < -0.3 is 10.1 Å². The van der Waals surface area contributed by atoms with E-state index in [2.05, 4.69) is 17.9 Å². The van der Waals surface area contributed by atoms with Gasteiger partial charge in [-0.2, -0.15) is 12.6 Å². The van der Waals surface area contributed by atoms with Gasteiger partial charge in [-0.1, -0.05) is 0 Å². The lowest BCUT2D eigenvalue weighted by Crippen LogP contribution is -2.37. The lowest BCUT2D eigenvalue weighted by atomic mass is 9.94. The molecule has 2 fully saturated rings. The average Bonchev–Trinajstić information content (AvgIpc) is 2.70. The minimum absolute atomic E-state index is 0.0399. The number of nitrogens with one attached hydrogen (secondary N) is 1. The zero-order valence-electron chi connectivity index (χ0n) is 8.60. The number of hydrogen-bond donors (Lipinski definition) is 2. The average molecular weight is 229 g/mol. The van der Waals surface area contributed by atoms with E-state index in [1.165, 1.54) is 0 Å². The van der Waals surface area contributed by atoms with Crippen molar-refractivity contribution in [2.75, 3.05) is 13.2 Å². The molecule has 0 bridgehead atoms. The second-order valence-electron chi connectivity index (χ2n) is 4.06.